The predicted octanol–water partition coefficient (Wildman–Crippen LogP) is 2.55. The van der Waals surface area contributed by atoms with Gasteiger partial charge in [0, 0.05) is 7.11 Å². The van der Waals surface area contributed by atoms with E-state index in [1.807, 2.05) is 0 Å². The van der Waals surface area contributed by atoms with E-state index in [0.29, 0.717) is 5.92 Å². The lowest BCUT2D eigenvalue weighted by molar-refractivity contribution is -0.0178. The molecule has 3 fully saturated rings. The smallest absolute Gasteiger partial charge is 0.244 e. The van der Waals surface area contributed by atoms with Crippen molar-refractivity contribution in [2.24, 2.45) is 11.8 Å². The Labute approximate surface area is 119 Å². The van der Waals surface area contributed by atoms with Crippen molar-refractivity contribution in [1.82, 2.24) is 15.5 Å². The molecule has 0 radical (unpaired) electrons. The minimum Gasteiger partial charge on any atom is -0.370 e. The summed E-state index contributed by atoms with van der Waals surface area (Å²) in [6, 6.07) is 0.263. The van der Waals surface area contributed by atoms with Crippen LogP contribution in [0.25, 0.3) is 0 Å². The zero-order valence-corrected chi connectivity index (χ0v) is 12.1. The Balaban J connectivity index is 1.59. The maximum Gasteiger partial charge on any atom is 0.244 e. The monoisotopic (exact) mass is 277 g/mol. The van der Waals surface area contributed by atoms with Crippen LogP contribution in [0.3, 0.4) is 0 Å². The van der Waals surface area contributed by atoms with Gasteiger partial charge in [-0.25, -0.2) is 0 Å². The van der Waals surface area contributed by atoms with E-state index in [-0.39, 0.29) is 11.6 Å². The fraction of sp³-hybridized carbons (Fsp3) is 0.867. The average Bonchev–Trinajstić information content (AvgIpc) is 3.21. The molecule has 3 atom stereocenters. The van der Waals surface area contributed by atoms with Crippen LogP contribution < -0.4 is 5.32 Å². The number of aromatic nitrogens is 2. The summed E-state index contributed by atoms with van der Waals surface area (Å²) in [5.74, 6) is 3.03. The molecular formula is C15H23N3O2. The first-order valence-electron chi connectivity index (χ1n) is 7.95. The number of nitrogens with zero attached hydrogens (tertiary/aromatic N) is 2. The Bertz CT molecular complexity index is 481. The lowest BCUT2D eigenvalue weighted by Crippen LogP contribution is -2.26. The number of fused-ring (bicyclic) bond motifs is 1. The second-order valence-electron chi connectivity index (χ2n) is 6.60. The van der Waals surface area contributed by atoms with E-state index >= 15 is 0 Å². The van der Waals surface area contributed by atoms with Gasteiger partial charge in [0.05, 0.1) is 6.04 Å². The van der Waals surface area contributed by atoms with Gasteiger partial charge < -0.3 is 14.6 Å². The first-order chi connectivity index (χ1) is 9.82. The molecule has 0 amide bonds. The molecule has 0 aromatic carbocycles. The maximum absolute atomic E-state index is 5.74. The summed E-state index contributed by atoms with van der Waals surface area (Å²) in [4.78, 5) is 4.71. The minimum absolute atomic E-state index is 0.263. The van der Waals surface area contributed by atoms with E-state index in [2.05, 4.69) is 10.5 Å². The molecular weight excluding hydrogens is 254 g/mol. The molecule has 5 heteroatoms. The standard InChI is InChI=1S/C15H23N3O2/c1-19-15(7-2-3-8-15)14-17-13(20-18-14)12-11-6-4-5-10(11)9-16-12/h10-12,16H,2-9H2,1H3. The van der Waals surface area contributed by atoms with Gasteiger partial charge in [0.1, 0.15) is 5.60 Å². The van der Waals surface area contributed by atoms with Crippen molar-refractivity contribution in [2.75, 3.05) is 13.7 Å². The molecule has 2 aliphatic carbocycles. The average molecular weight is 277 g/mol. The van der Waals surface area contributed by atoms with Gasteiger partial charge in [0.25, 0.3) is 0 Å². The molecule has 1 aromatic rings. The zero-order valence-electron chi connectivity index (χ0n) is 12.1. The number of methoxy groups -OCH3 is 1. The SMILES string of the molecule is COC1(c2noc(C3NCC4CCCC43)n2)CCCC1. The highest BCUT2D eigenvalue weighted by Crippen LogP contribution is 2.45. The van der Waals surface area contributed by atoms with Crippen LogP contribution in [0.4, 0.5) is 0 Å². The Morgan fingerprint density at radius 1 is 1.25 bits per heavy atom. The van der Waals surface area contributed by atoms with Gasteiger partial charge in [-0.1, -0.05) is 11.6 Å². The van der Waals surface area contributed by atoms with E-state index in [9.17, 15) is 0 Å². The quantitative estimate of drug-likeness (QED) is 0.920. The van der Waals surface area contributed by atoms with Gasteiger partial charge in [0.2, 0.25) is 11.7 Å². The third-order valence-corrected chi connectivity index (χ3v) is 5.66. The number of hydrogen-bond acceptors (Lipinski definition) is 5. The van der Waals surface area contributed by atoms with Gasteiger partial charge in [0.15, 0.2) is 0 Å². The number of rotatable bonds is 3. The molecule has 1 aliphatic heterocycles. The van der Waals surface area contributed by atoms with Crippen LogP contribution in [-0.2, 0) is 10.3 Å². The topological polar surface area (TPSA) is 60.2 Å². The second kappa shape index (κ2) is 4.81. The van der Waals surface area contributed by atoms with Crippen molar-refractivity contribution in [2.45, 2.75) is 56.6 Å². The van der Waals surface area contributed by atoms with Gasteiger partial charge in [-0.15, -0.1) is 0 Å². The van der Waals surface area contributed by atoms with E-state index in [1.165, 1.54) is 32.1 Å². The van der Waals surface area contributed by atoms with Crippen LogP contribution in [0.2, 0.25) is 0 Å². The third-order valence-electron chi connectivity index (χ3n) is 5.66. The molecule has 1 N–H and O–H groups in total. The van der Waals surface area contributed by atoms with E-state index < -0.39 is 0 Å². The molecule has 4 rings (SSSR count). The normalized spacial score (nSPS) is 35.5. The van der Waals surface area contributed by atoms with Gasteiger partial charge in [-0.05, 0) is 56.9 Å². The maximum atomic E-state index is 5.74. The molecule has 0 spiro atoms. The fourth-order valence-electron chi connectivity index (χ4n) is 4.47. The van der Waals surface area contributed by atoms with Gasteiger partial charge >= 0.3 is 0 Å². The molecule has 3 unspecified atom stereocenters. The van der Waals surface area contributed by atoms with Crippen molar-refractivity contribution in [3.63, 3.8) is 0 Å². The Kier molecular flexibility index (Phi) is 3.07. The predicted molar refractivity (Wildman–Crippen MR) is 73.0 cm³/mol. The zero-order chi connectivity index (χ0) is 13.6. The van der Waals surface area contributed by atoms with Gasteiger partial charge in [-0.2, -0.15) is 4.98 Å². The highest BCUT2D eigenvalue weighted by atomic mass is 16.5. The van der Waals surface area contributed by atoms with Crippen LogP contribution in [0.5, 0.6) is 0 Å². The second-order valence-corrected chi connectivity index (χ2v) is 6.60. The summed E-state index contributed by atoms with van der Waals surface area (Å²) in [5.41, 5.74) is -0.296. The van der Waals surface area contributed by atoms with Crippen molar-refractivity contribution < 1.29 is 9.26 Å². The number of ether oxygens (including phenoxy) is 1. The molecule has 2 heterocycles. The van der Waals surface area contributed by atoms with Crippen molar-refractivity contribution in [1.29, 1.82) is 0 Å². The lowest BCUT2D eigenvalue weighted by atomic mass is 9.94. The van der Waals surface area contributed by atoms with Crippen molar-refractivity contribution >= 4 is 0 Å². The molecule has 1 saturated heterocycles. The van der Waals surface area contributed by atoms with Crippen LogP contribution in [0.15, 0.2) is 4.52 Å². The van der Waals surface area contributed by atoms with Crippen molar-refractivity contribution in [3.05, 3.63) is 11.7 Å². The van der Waals surface area contributed by atoms with Crippen LogP contribution in [0.1, 0.15) is 62.7 Å². The lowest BCUT2D eigenvalue weighted by Gasteiger charge is -2.22. The summed E-state index contributed by atoms with van der Waals surface area (Å²) >= 11 is 0. The molecule has 2 saturated carbocycles. The number of nitrogens with one attached hydrogen (secondary N) is 1. The first-order valence-corrected chi connectivity index (χ1v) is 7.95. The van der Waals surface area contributed by atoms with Crippen molar-refractivity contribution in [3.8, 4) is 0 Å². The van der Waals surface area contributed by atoms with Crippen LogP contribution in [0, 0.1) is 11.8 Å². The Morgan fingerprint density at radius 2 is 2.10 bits per heavy atom. The highest BCUT2D eigenvalue weighted by molar-refractivity contribution is 5.09. The van der Waals surface area contributed by atoms with Gasteiger partial charge in [-0.3, -0.25) is 0 Å². The van der Waals surface area contributed by atoms with Crippen LogP contribution in [-0.4, -0.2) is 23.8 Å². The molecule has 20 heavy (non-hydrogen) atoms. The Morgan fingerprint density at radius 3 is 2.90 bits per heavy atom. The summed E-state index contributed by atoms with van der Waals surface area (Å²) in [6.07, 6.45) is 8.36. The van der Waals surface area contributed by atoms with E-state index in [0.717, 1.165) is 37.0 Å². The summed E-state index contributed by atoms with van der Waals surface area (Å²) in [5, 5.41) is 7.82. The minimum atomic E-state index is -0.296. The fourth-order valence-corrected chi connectivity index (χ4v) is 4.47. The van der Waals surface area contributed by atoms with E-state index in [4.69, 9.17) is 14.2 Å². The van der Waals surface area contributed by atoms with Crippen LogP contribution >= 0.6 is 0 Å². The summed E-state index contributed by atoms with van der Waals surface area (Å²) in [6.45, 7) is 1.10. The highest BCUT2D eigenvalue weighted by Gasteiger charge is 2.44. The molecule has 5 nitrogen and oxygen atoms in total. The van der Waals surface area contributed by atoms with E-state index in [1.54, 1.807) is 7.11 Å². The first kappa shape index (κ1) is 12.8. The summed E-state index contributed by atoms with van der Waals surface area (Å²) < 4.78 is 11.3. The molecule has 0 bridgehead atoms. The molecule has 1 aromatic heterocycles. The Hall–Kier alpha value is -0.940. The third kappa shape index (κ3) is 1.83. The largest absolute Gasteiger partial charge is 0.370 e. The molecule has 110 valence electrons. The molecule has 3 aliphatic rings. The summed E-state index contributed by atoms with van der Waals surface area (Å²) in [7, 11) is 1.77. The number of hydrogen-bond donors (Lipinski definition) is 1.